The minimum Gasteiger partial charge on any atom is -0.469 e. The molecule has 21 heavy (non-hydrogen) atoms. The van der Waals surface area contributed by atoms with Gasteiger partial charge < -0.3 is 9.73 Å². The SMILES string of the molecule is CNc1ccc(S(=O)(=O)NC(C)CCc2ccco2)cn1. The highest BCUT2D eigenvalue weighted by Crippen LogP contribution is 2.12. The van der Waals surface area contributed by atoms with Gasteiger partial charge >= 0.3 is 0 Å². The first-order valence-corrected chi connectivity index (χ1v) is 8.18. The molecule has 2 N–H and O–H groups in total. The Balaban J connectivity index is 1.95. The van der Waals surface area contributed by atoms with E-state index in [-0.39, 0.29) is 10.9 Å². The third-order valence-electron chi connectivity index (χ3n) is 3.06. The number of furan rings is 1. The fraction of sp³-hybridized carbons (Fsp3) is 0.357. The topological polar surface area (TPSA) is 84.2 Å². The summed E-state index contributed by atoms with van der Waals surface area (Å²) in [6.45, 7) is 1.83. The molecule has 0 saturated heterocycles. The van der Waals surface area contributed by atoms with Gasteiger partial charge in [-0.15, -0.1) is 0 Å². The maximum Gasteiger partial charge on any atom is 0.242 e. The maximum absolute atomic E-state index is 12.2. The molecule has 0 aliphatic heterocycles. The number of nitrogens with zero attached hydrogens (tertiary/aromatic N) is 1. The van der Waals surface area contributed by atoms with E-state index in [1.807, 2.05) is 19.1 Å². The van der Waals surface area contributed by atoms with E-state index >= 15 is 0 Å². The average Bonchev–Trinajstić information content (AvgIpc) is 2.98. The van der Waals surface area contributed by atoms with Gasteiger partial charge in [-0.1, -0.05) is 0 Å². The fourth-order valence-corrected chi connectivity index (χ4v) is 3.11. The Kier molecular flexibility index (Phi) is 4.98. The molecule has 1 unspecified atom stereocenters. The number of pyridine rings is 1. The van der Waals surface area contributed by atoms with Crippen LogP contribution in [-0.2, 0) is 16.4 Å². The zero-order valence-corrected chi connectivity index (χ0v) is 12.9. The molecule has 0 radical (unpaired) electrons. The minimum atomic E-state index is -3.55. The summed E-state index contributed by atoms with van der Waals surface area (Å²) < 4.78 is 32.3. The number of anilines is 1. The first-order chi connectivity index (χ1) is 10.0. The molecule has 114 valence electrons. The Morgan fingerprint density at radius 2 is 2.14 bits per heavy atom. The van der Waals surface area contributed by atoms with Crippen LogP contribution >= 0.6 is 0 Å². The van der Waals surface area contributed by atoms with Gasteiger partial charge in [-0.05, 0) is 37.6 Å². The Hall–Kier alpha value is -1.86. The molecular weight excluding hydrogens is 290 g/mol. The predicted octanol–water partition coefficient (Wildman–Crippen LogP) is 2.02. The van der Waals surface area contributed by atoms with Crippen LogP contribution in [0.2, 0.25) is 0 Å². The van der Waals surface area contributed by atoms with Crippen LogP contribution in [0.5, 0.6) is 0 Å². The smallest absolute Gasteiger partial charge is 0.242 e. The molecule has 0 aliphatic rings. The molecule has 1 atom stereocenters. The lowest BCUT2D eigenvalue weighted by Crippen LogP contribution is -2.33. The van der Waals surface area contributed by atoms with Crippen molar-refractivity contribution in [3.8, 4) is 0 Å². The van der Waals surface area contributed by atoms with Crippen LogP contribution in [0.25, 0.3) is 0 Å². The highest BCUT2D eigenvalue weighted by Gasteiger charge is 2.17. The summed E-state index contributed by atoms with van der Waals surface area (Å²) in [6, 6.07) is 6.66. The van der Waals surface area contributed by atoms with Gasteiger partial charge in [-0.25, -0.2) is 18.1 Å². The Bertz CT molecular complexity index is 651. The van der Waals surface area contributed by atoms with Crippen LogP contribution < -0.4 is 10.0 Å². The molecule has 0 fully saturated rings. The Morgan fingerprint density at radius 3 is 2.71 bits per heavy atom. The van der Waals surface area contributed by atoms with Crippen LogP contribution in [-0.4, -0.2) is 26.5 Å². The van der Waals surface area contributed by atoms with Gasteiger partial charge in [-0.3, -0.25) is 0 Å². The summed E-state index contributed by atoms with van der Waals surface area (Å²) in [7, 11) is -1.82. The minimum absolute atomic E-state index is 0.159. The van der Waals surface area contributed by atoms with Crippen molar-refractivity contribution < 1.29 is 12.8 Å². The molecule has 0 aromatic carbocycles. The second kappa shape index (κ2) is 6.73. The molecule has 0 aliphatic carbocycles. The lowest BCUT2D eigenvalue weighted by molar-refractivity contribution is 0.480. The number of hydrogen-bond donors (Lipinski definition) is 2. The monoisotopic (exact) mass is 309 g/mol. The van der Waals surface area contributed by atoms with E-state index in [1.54, 1.807) is 19.4 Å². The molecule has 0 spiro atoms. The zero-order chi connectivity index (χ0) is 15.3. The quantitative estimate of drug-likeness (QED) is 0.817. The number of aromatic nitrogens is 1. The molecule has 2 aromatic rings. The van der Waals surface area contributed by atoms with Crippen molar-refractivity contribution in [2.75, 3.05) is 12.4 Å². The van der Waals surface area contributed by atoms with Crippen LogP contribution in [0.4, 0.5) is 5.82 Å². The number of hydrogen-bond acceptors (Lipinski definition) is 5. The van der Waals surface area contributed by atoms with E-state index in [1.165, 1.54) is 12.3 Å². The molecule has 0 amide bonds. The lowest BCUT2D eigenvalue weighted by Gasteiger charge is -2.13. The summed E-state index contributed by atoms with van der Waals surface area (Å²) in [5.41, 5.74) is 0. The normalized spacial score (nSPS) is 13.0. The highest BCUT2D eigenvalue weighted by atomic mass is 32.2. The third kappa shape index (κ3) is 4.30. The van der Waals surface area contributed by atoms with Gasteiger partial charge in [-0.2, -0.15) is 0 Å². The predicted molar refractivity (Wildman–Crippen MR) is 80.6 cm³/mol. The third-order valence-corrected chi connectivity index (χ3v) is 4.64. The maximum atomic E-state index is 12.2. The summed E-state index contributed by atoms with van der Waals surface area (Å²) in [4.78, 5) is 4.17. The summed E-state index contributed by atoms with van der Waals surface area (Å²) in [5, 5.41) is 2.85. The van der Waals surface area contributed by atoms with Crippen molar-refractivity contribution in [1.29, 1.82) is 0 Å². The van der Waals surface area contributed by atoms with Crippen molar-refractivity contribution in [3.63, 3.8) is 0 Å². The molecule has 2 aromatic heterocycles. The molecule has 7 heteroatoms. The number of sulfonamides is 1. The van der Waals surface area contributed by atoms with Crippen molar-refractivity contribution in [3.05, 3.63) is 42.5 Å². The highest BCUT2D eigenvalue weighted by molar-refractivity contribution is 7.89. The zero-order valence-electron chi connectivity index (χ0n) is 12.0. The van der Waals surface area contributed by atoms with Crippen LogP contribution in [0.1, 0.15) is 19.1 Å². The first-order valence-electron chi connectivity index (χ1n) is 6.70. The van der Waals surface area contributed by atoms with E-state index in [0.717, 1.165) is 5.76 Å². The van der Waals surface area contributed by atoms with E-state index < -0.39 is 10.0 Å². The van der Waals surface area contributed by atoms with Gasteiger partial charge in [0.1, 0.15) is 16.5 Å². The van der Waals surface area contributed by atoms with Gasteiger partial charge in [0, 0.05) is 25.7 Å². The lowest BCUT2D eigenvalue weighted by atomic mass is 10.2. The molecule has 2 rings (SSSR count). The molecule has 0 bridgehead atoms. The van der Waals surface area contributed by atoms with Crippen LogP contribution in [0.15, 0.2) is 46.0 Å². The number of nitrogens with one attached hydrogen (secondary N) is 2. The van der Waals surface area contributed by atoms with Crippen LogP contribution in [0, 0.1) is 0 Å². The second-order valence-electron chi connectivity index (χ2n) is 4.77. The molecule has 0 saturated carbocycles. The molecular formula is C14H19N3O3S. The second-order valence-corrected chi connectivity index (χ2v) is 6.48. The van der Waals surface area contributed by atoms with Gasteiger partial charge in [0.2, 0.25) is 10.0 Å². The summed E-state index contributed by atoms with van der Waals surface area (Å²) in [6.07, 6.45) is 4.30. The van der Waals surface area contributed by atoms with Gasteiger partial charge in [0.05, 0.1) is 6.26 Å². The van der Waals surface area contributed by atoms with Crippen molar-refractivity contribution in [2.24, 2.45) is 0 Å². The molecule has 2 heterocycles. The van der Waals surface area contributed by atoms with Crippen molar-refractivity contribution >= 4 is 15.8 Å². The number of rotatable bonds is 7. The largest absolute Gasteiger partial charge is 0.469 e. The standard InChI is InChI=1S/C14H19N3O3S/c1-11(5-6-12-4-3-9-20-12)17-21(18,19)13-7-8-14(15-2)16-10-13/h3-4,7-11,17H,5-6H2,1-2H3,(H,15,16). The van der Waals surface area contributed by atoms with Gasteiger partial charge in [0.25, 0.3) is 0 Å². The van der Waals surface area contributed by atoms with Crippen LogP contribution in [0.3, 0.4) is 0 Å². The summed E-state index contributed by atoms with van der Waals surface area (Å²) >= 11 is 0. The first kappa shape index (κ1) is 15.5. The fourth-order valence-electron chi connectivity index (χ4n) is 1.89. The van der Waals surface area contributed by atoms with E-state index in [2.05, 4.69) is 15.0 Å². The van der Waals surface area contributed by atoms with Crippen molar-refractivity contribution in [2.45, 2.75) is 30.7 Å². The average molecular weight is 309 g/mol. The van der Waals surface area contributed by atoms with Gasteiger partial charge in [0.15, 0.2) is 0 Å². The van der Waals surface area contributed by atoms with Crippen molar-refractivity contribution in [1.82, 2.24) is 9.71 Å². The molecule has 6 nitrogen and oxygen atoms in total. The number of aryl methyl sites for hydroxylation is 1. The Morgan fingerprint density at radius 1 is 1.33 bits per heavy atom. The Labute approximate surface area is 124 Å². The van der Waals surface area contributed by atoms with E-state index in [0.29, 0.717) is 18.7 Å². The summed E-state index contributed by atoms with van der Waals surface area (Å²) in [5.74, 6) is 1.47. The van der Waals surface area contributed by atoms with E-state index in [4.69, 9.17) is 4.42 Å². The van der Waals surface area contributed by atoms with E-state index in [9.17, 15) is 8.42 Å².